The molecule has 3 atom stereocenters. The summed E-state index contributed by atoms with van der Waals surface area (Å²) in [7, 11) is 0. The third kappa shape index (κ3) is 1.81. The van der Waals surface area contributed by atoms with Gasteiger partial charge < -0.3 is 0 Å². The van der Waals surface area contributed by atoms with E-state index < -0.39 is 0 Å². The van der Waals surface area contributed by atoms with Crippen LogP contribution in [0.2, 0.25) is 0 Å². The summed E-state index contributed by atoms with van der Waals surface area (Å²) in [4.78, 5) is 4.39. The van der Waals surface area contributed by atoms with E-state index in [1.807, 2.05) is 18.3 Å². The van der Waals surface area contributed by atoms with Crippen LogP contribution in [-0.4, -0.2) is 4.98 Å². The Morgan fingerprint density at radius 2 is 2.18 bits per heavy atom. The number of nitrogens with two attached hydrogens (primary N) is 1. The molecule has 0 radical (unpaired) electrons. The minimum absolute atomic E-state index is 0.248. The van der Waals surface area contributed by atoms with Crippen LogP contribution in [0.4, 0.5) is 0 Å². The van der Waals surface area contributed by atoms with E-state index in [1.54, 1.807) is 0 Å². The lowest BCUT2D eigenvalue weighted by atomic mass is 9.97. The number of rotatable bonds is 3. The number of benzene rings is 1. The third-order valence-electron chi connectivity index (χ3n) is 3.79. The Morgan fingerprint density at radius 1 is 1.35 bits per heavy atom. The fraction of sp³-hybridized carbons (Fsp3) is 0.357. The van der Waals surface area contributed by atoms with Crippen molar-refractivity contribution < 1.29 is 0 Å². The smallest absolute Gasteiger partial charge is 0.0705 e. The van der Waals surface area contributed by atoms with E-state index in [1.165, 1.54) is 17.4 Å². The van der Waals surface area contributed by atoms with Crippen LogP contribution >= 0.6 is 0 Å². The summed E-state index contributed by atoms with van der Waals surface area (Å²) in [5.74, 6) is 7.15. The average Bonchev–Trinajstić information content (AvgIpc) is 3.08. The lowest BCUT2D eigenvalue weighted by Crippen LogP contribution is -2.30. The Balaban J connectivity index is 2.09. The lowest BCUT2D eigenvalue weighted by Gasteiger charge is -2.18. The first-order chi connectivity index (χ1) is 8.31. The first-order valence-corrected chi connectivity index (χ1v) is 6.11. The van der Waals surface area contributed by atoms with Crippen molar-refractivity contribution in [3.05, 3.63) is 42.1 Å². The second kappa shape index (κ2) is 4.09. The molecule has 3 heteroatoms. The predicted molar refractivity (Wildman–Crippen MR) is 69.1 cm³/mol. The second-order valence-corrected chi connectivity index (χ2v) is 4.94. The van der Waals surface area contributed by atoms with Gasteiger partial charge in [-0.25, -0.2) is 0 Å². The van der Waals surface area contributed by atoms with Gasteiger partial charge in [-0.1, -0.05) is 25.1 Å². The van der Waals surface area contributed by atoms with Gasteiger partial charge in [-0.2, -0.15) is 0 Å². The quantitative estimate of drug-likeness (QED) is 0.625. The predicted octanol–water partition coefficient (Wildman–Crippen LogP) is 2.40. The summed E-state index contributed by atoms with van der Waals surface area (Å²) in [6.07, 6.45) is 3.09. The Labute approximate surface area is 101 Å². The maximum atomic E-state index is 5.73. The standard InChI is InChI=1S/C14H17N3/c1-9-8-12(9)14(17-15)11-4-2-6-13-10(11)5-3-7-16-13/h2-7,9,12,14,17H,8,15H2,1H3. The molecule has 3 nitrogen and oxygen atoms in total. The average molecular weight is 227 g/mol. The highest BCUT2D eigenvalue weighted by Gasteiger charge is 2.40. The van der Waals surface area contributed by atoms with Crippen molar-refractivity contribution in [3.8, 4) is 0 Å². The summed E-state index contributed by atoms with van der Waals surface area (Å²) in [6.45, 7) is 2.28. The van der Waals surface area contributed by atoms with Crippen molar-refractivity contribution in [1.82, 2.24) is 10.4 Å². The first kappa shape index (κ1) is 10.7. The van der Waals surface area contributed by atoms with E-state index in [4.69, 9.17) is 5.84 Å². The number of fused-ring (bicyclic) bond motifs is 1. The van der Waals surface area contributed by atoms with Gasteiger partial charge in [0.1, 0.15) is 0 Å². The molecule has 1 aromatic carbocycles. The van der Waals surface area contributed by atoms with Crippen LogP contribution in [0.25, 0.3) is 10.9 Å². The van der Waals surface area contributed by atoms with Crippen molar-refractivity contribution >= 4 is 10.9 Å². The van der Waals surface area contributed by atoms with E-state index in [2.05, 4.69) is 35.5 Å². The zero-order valence-corrected chi connectivity index (χ0v) is 9.93. The molecule has 1 aromatic heterocycles. The molecule has 3 rings (SSSR count). The minimum atomic E-state index is 0.248. The van der Waals surface area contributed by atoms with Gasteiger partial charge in [0.2, 0.25) is 0 Å². The number of hydrazine groups is 1. The monoisotopic (exact) mass is 227 g/mol. The molecule has 3 N–H and O–H groups in total. The van der Waals surface area contributed by atoms with Crippen LogP contribution in [0.1, 0.15) is 24.9 Å². The first-order valence-electron chi connectivity index (χ1n) is 6.11. The van der Waals surface area contributed by atoms with Gasteiger partial charge in [-0.15, -0.1) is 0 Å². The zero-order chi connectivity index (χ0) is 11.8. The summed E-state index contributed by atoms with van der Waals surface area (Å²) in [6, 6.07) is 10.6. The summed E-state index contributed by atoms with van der Waals surface area (Å²) in [5.41, 5.74) is 5.29. The molecular formula is C14H17N3. The van der Waals surface area contributed by atoms with Gasteiger partial charge in [0, 0.05) is 17.6 Å². The number of nitrogens with zero attached hydrogens (tertiary/aromatic N) is 1. The second-order valence-electron chi connectivity index (χ2n) is 4.94. The van der Waals surface area contributed by atoms with E-state index >= 15 is 0 Å². The maximum Gasteiger partial charge on any atom is 0.0705 e. The van der Waals surface area contributed by atoms with Crippen LogP contribution < -0.4 is 11.3 Å². The van der Waals surface area contributed by atoms with Gasteiger partial charge in [-0.05, 0) is 36.0 Å². The lowest BCUT2D eigenvalue weighted by molar-refractivity contribution is 0.479. The molecule has 0 spiro atoms. The Hall–Kier alpha value is -1.45. The highest BCUT2D eigenvalue weighted by Crippen LogP contribution is 2.47. The number of pyridine rings is 1. The largest absolute Gasteiger partial charge is 0.271 e. The molecule has 3 unspecified atom stereocenters. The Morgan fingerprint density at radius 3 is 2.88 bits per heavy atom. The molecule has 88 valence electrons. The molecule has 1 saturated carbocycles. The van der Waals surface area contributed by atoms with Crippen molar-refractivity contribution in [2.45, 2.75) is 19.4 Å². The molecule has 0 amide bonds. The number of hydrogen-bond donors (Lipinski definition) is 2. The Kier molecular flexibility index (Phi) is 2.57. The Bertz CT molecular complexity index is 532. The minimum Gasteiger partial charge on any atom is -0.271 e. The van der Waals surface area contributed by atoms with E-state index in [-0.39, 0.29) is 6.04 Å². The molecule has 2 aromatic rings. The zero-order valence-electron chi connectivity index (χ0n) is 9.93. The fourth-order valence-corrected chi connectivity index (χ4v) is 2.66. The maximum absolute atomic E-state index is 5.73. The van der Waals surface area contributed by atoms with Crippen molar-refractivity contribution in [2.75, 3.05) is 0 Å². The van der Waals surface area contributed by atoms with Gasteiger partial charge in [0.25, 0.3) is 0 Å². The van der Waals surface area contributed by atoms with Crippen molar-refractivity contribution in [3.63, 3.8) is 0 Å². The fourth-order valence-electron chi connectivity index (χ4n) is 2.66. The number of nitrogens with one attached hydrogen (secondary N) is 1. The summed E-state index contributed by atoms with van der Waals surface area (Å²) < 4.78 is 0. The van der Waals surface area contributed by atoms with Crippen LogP contribution in [0.3, 0.4) is 0 Å². The normalized spacial score (nSPS) is 24.8. The SMILES string of the molecule is CC1CC1C(NN)c1cccc2ncccc12. The van der Waals surface area contributed by atoms with E-state index in [0.29, 0.717) is 5.92 Å². The number of aromatic nitrogens is 1. The van der Waals surface area contributed by atoms with Crippen molar-refractivity contribution in [1.29, 1.82) is 0 Å². The van der Waals surface area contributed by atoms with Crippen LogP contribution in [0.5, 0.6) is 0 Å². The van der Waals surface area contributed by atoms with E-state index in [0.717, 1.165) is 11.4 Å². The molecule has 1 aliphatic carbocycles. The molecule has 17 heavy (non-hydrogen) atoms. The molecule has 0 saturated heterocycles. The molecular weight excluding hydrogens is 210 g/mol. The highest BCUT2D eigenvalue weighted by molar-refractivity contribution is 5.82. The van der Waals surface area contributed by atoms with E-state index in [9.17, 15) is 0 Å². The van der Waals surface area contributed by atoms with Gasteiger partial charge in [0.05, 0.1) is 5.52 Å². The van der Waals surface area contributed by atoms with Gasteiger partial charge >= 0.3 is 0 Å². The van der Waals surface area contributed by atoms with Gasteiger partial charge in [0.15, 0.2) is 0 Å². The van der Waals surface area contributed by atoms with Gasteiger partial charge in [-0.3, -0.25) is 16.3 Å². The molecule has 0 aliphatic heterocycles. The molecule has 1 heterocycles. The molecule has 0 bridgehead atoms. The van der Waals surface area contributed by atoms with Crippen LogP contribution in [0.15, 0.2) is 36.5 Å². The third-order valence-corrected chi connectivity index (χ3v) is 3.79. The molecule has 1 aliphatic rings. The number of hydrogen-bond acceptors (Lipinski definition) is 3. The summed E-state index contributed by atoms with van der Waals surface area (Å²) >= 11 is 0. The highest BCUT2D eigenvalue weighted by atomic mass is 15.2. The topological polar surface area (TPSA) is 50.9 Å². The molecule has 1 fully saturated rings. The van der Waals surface area contributed by atoms with Crippen LogP contribution in [-0.2, 0) is 0 Å². The van der Waals surface area contributed by atoms with Crippen LogP contribution in [0, 0.1) is 11.8 Å². The van der Waals surface area contributed by atoms with Crippen molar-refractivity contribution in [2.24, 2.45) is 17.7 Å². The summed E-state index contributed by atoms with van der Waals surface area (Å²) in [5, 5.41) is 1.21.